The molecule has 0 saturated heterocycles. The number of Topliss-reactive ketones (excluding diaryl/α,β-unsaturated/α-hetero) is 1. The molecule has 16 heavy (non-hydrogen) atoms. The third kappa shape index (κ3) is 2.99. The summed E-state index contributed by atoms with van der Waals surface area (Å²) in [5.41, 5.74) is 0.882. The Kier molecular flexibility index (Phi) is 4.82. The Morgan fingerprint density at radius 2 is 1.94 bits per heavy atom. The highest BCUT2D eigenvalue weighted by molar-refractivity contribution is 6.35. The normalized spacial score (nSPS) is 12.9. The van der Waals surface area contributed by atoms with Crippen LogP contribution in [0.15, 0.2) is 18.2 Å². The van der Waals surface area contributed by atoms with Crippen LogP contribution in [0.4, 0.5) is 0 Å². The molecular formula is C13H16Cl2O. The van der Waals surface area contributed by atoms with Crippen LogP contribution in [0, 0.1) is 5.92 Å². The van der Waals surface area contributed by atoms with Crippen molar-refractivity contribution < 1.29 is 4.79 Å². The van der Waals surface area contributed by atoms with Crippen LogP contribution >= 0.6 is 23.2 Å². The predicted molar refractivity (Wildman–Crippen MR) is 69.3 cm³/mol. The van der Waals surface area contributed by atoms with Crippen molar-refractivity contribution in [2.45, 2.75) is 33.1 Å². The lowest BCUT2D eigenvalue weighted by atomic mass is 9.84. The molecular weight excluding hydrogens is 243 g/mol. The lowest BCUT2D eigenvalue weighted by Crippen LogP contribution is -2.17. The van der Waals surface area contributed by atoms with Gasteiger partial charge in [0.1, 0.15) is 5.78 Å². The number of carbonyl (C=O) groups excluding carboxylic acids is 1. The number of rotatable bonds is 4. The third-order valence-corrected chi connectivity index (χ3v) is 3.22. The summed E-state index contributed by atoms with van der Waals surface area (Å²) in [5.74, 6) is 0.333. The second-order valence-corrected chi connectivity index (χ2v) is 5.05. The first-order chi connectivity index (χ1) is 7.47. The van der Waals surface area contributed by atoms with Crippen molar-refractivity contribution in [2.24, 2.45) is 5.92 Å². The smallest absolute Gasteiger partial charge is 0.140 e. The average molecular weight is 259 g/mol. The Morgan fingerprint density at radius 1 is 1.31 bits per heavy atom. The minimum Gasteiger partial charge on any atom is -0.299 e. The van der Waals surface area contributed by atoms with E-state index in [1.165, 1.54) is 0 Å². The summed E-state index contributed by atoms with van der Waals surface area (Å²) >= 11 is 12.0. The predicted octanol–water partition coefficient (Wildman–Crippen LogP) is 4.71. The van der Waals surface area contributed by atoms with Gasteiger partial charge in [-0.05, 0) is 23.6 Å². The van der Waals surface area contributed by atoms with Gasteiger partial charge >= 0.3 is 0 Å². The van der Waals surface area contributed by atoms with Gasteiger partial charge in [-0.25, -0.2) is 0 Å². The maximum absolute atomic E-state index is 11.9. The van der Waals surface area contributed by atoms with Crippen LogP contribution in [0.25, 0.3) is 0 Å². The summed E-state index contributed by atoms with van der Waals surface area (Å²) in [4.78, 5) is 11.9. The van der Waals surface area contributed by atoms with Crippen LogP contribution in [0.3, 0.4) is 0 Å². The number of hydrogen-bond acceptors (Lipinski definition) is 1. The minimum atomic E-state index is -0.130. The number of ketones is 1. The monoisotopic (exact) mass is 258 g/mol. The van der Waals surface area contributed by atoms with E-state index in [1.54, 1.807) is 12.1 Å². The molecule has 0 saturated carbocycles. The summed E-state index contributed by atoms with van der Waals surface area (Å²) in [7, 11) is 0. The van der Waals surface area contributed by atoms with Crippen molar-refractivity contribution in [3.63, 3.8) is 0 Å². The summed E-state index contributed by atoms with van der Waals surface area (Å²) in [6.45, 7) is 5.94. The fraction of sp³-hybridized carbons (Fsp3) is 0.462. The number of carbonyl (C=O) groups is 1. The standard InChI is InChI=1S/C13H16Cl2O/c1-4-12(16)13(8(2)3)10-6-5-9(14)7-11(10)15/h5-8,13H,4H2,1-3H3. The van der Waals surface area contributed by atoms with Crippen molar-refractivity contribution in [1.82, 2.24) is 0 Å². The van der Waals surface area contributed by atoms with E-state index in [0.717, 1.165) is 5.56 Å². The molecule has 1 nitrogen and oxygen atoms in total. The molecule has 1 atom stereocenters. The van der Waals surface area contributed by atoms with Crippen LogP contribution in [-0.4, -0.2) is 5.78 Å². The molecule has 0 spiro atoms. The summed E-state index contributed by atoms with van der Waals surface area (Å²) < 4.78 is 0. The van der Waals surface area contributed by atoms with Gasteiger partial charge in [0, 0.05) is 22.4 Å². The molecule has 0 amide bonds. The molecule has 0 aliphatic carbocycles. The lowest BCUT2D eigenvalue weighted by molar-refractivity contribution is -0.121. The molecule has 0 aliphatic rings. The second kappa shape index (κ2) is 5.70. The Bertz CT molecular complexity index is 386. The first kappa shape index (κ1) is 13.5. The molecule has 0 aromatic heterocycles. The zero-order chi connectivity index (χ0) is 12.3. The Balaban J connectivity index is 3.16. The van der Waals surface area contributed by atoms with E-state index in [2.05, 4.69) is 0 Å². The Labute approximate surface area is 107 Å². The maximum atomic E-state index is 11.9. The first-order valence-electron chi connectivity index (χ1n) is 5.45. The van der Waals surface area contributed by atoms with Crippen molar-refractivity contribution >= 4 is 29.0 Å². The number of benzene rings is 1. The quantitative estimate of drug-likeness (QED) is 0.765. The molecule has 1 rings (SSSR count). The van der Waals surface area contributed by atoms with Crippen LogP contribution < -0.4 is 0 Å². The van der Waals surface area contributed by atoms with Gasteiger partial charge in [0.25, 0.3) is 0 Å². The fourth-order valence-corrected chi connectivity index (χ4v) is 2.40. The Hall–Kier alpha value is -0.530. The number of hydrogen-bond donors (Lipinski definition) is 0. The molecule has 0 fully saturated rings. The summed E-state index contributed by atoms with van der Waals surface area (Å²) in [6.07, 6.45) is 0.530. The van der Waals surface area contributed by atoms with Crippen molar-refractivity contribution in [2.75, 3.05) is 0 Å². The lowest BCUT2D eigenvalue weighted by Gasteiger charge is -2.20. The van der Waals surface area contributed by atoms with Crippen LogP contribution in [0.2, 0.25) is 10.0 Å². The molecule has 1 unspecified atom stereocenters. The SMILES string of the molecule is CCC(=O)C(c1ccc(Cl)cc1Cl)C(C)C. The molecule has 0 aliphatic heterocycles. The van der Waals surface area contributed by atoms with E-state index in [0.29, 0.717) is 16.5 Å². The fourth-order valence-electron chi connectivity index (χ4n) is 1.88. The summed E-state index contributed by atoms with van der Waals surface area (Å²) in [6, 6.07) is 5.32. The van der Waals surface area contributed by atoms with Gasteiger partial charge in [0.2, 0.25) is 0 Å². The second-order valence-electron chi connectivity index (χ2n) is 4.21. The highest BCUT2D eigenvalue weighted by Crippen LogP contribution is 2.33. The molecule has 0 bridgehead atoms. The minimum absolute atomic E-state index is 0.130. The highest BCUT2D eigenvalue weighted by atomic mass is 35.5. The van der Waals surface area contributed by atoms with Gasteiger partial charge in [-0.1, -0.05) is 50.0 Å². The zero-order valence-electron chi connectivity index (χ0n) is 9.76. The topological polar surface area (TPSA) is 17.1 Å². The van der Waals surface area contributed by atoms with E-state index in [-0.39, 0.29) is 17.6 Å². The van der Waals surface area contributed by atoms with Gasteiger partial charge in [-0.3, -0.25) is 4.79 Å². The largest absolute Gasteiger partial charge is 0.299 e. The number of halogens is 2. The first-order valence-corrected chi connectivity index (χ1v) is 6.20. The van der Waals surface area contributed by atoms with E-state index in [1.807, 2.05) is 26.8 Å². The molecule has 0 N–H and O–H groups in total. The molecule has 1 aromatic rings. The van der Waals surface area contributed by atoms with E-state index >= 15 is 0 Å². The van der Waals surface area contributed by atoms with Gasteiger partial charge < -0.3 is 0 Å². The molecule has 1 aromatic carbocycles. The van der Waals surface area contributed by atoms with Crippen molar-refractivity contribution in [3.8, 4) is 0 Å². The van der Waals surface area contributed by atoms with Gasteiger partial charge in [0.15, 0.2) is 0 Å². The molecule has 0 heterocycles. The van der Waals surface area contributed by atoms with Gasteiger partial charge in [-0.15, -0.1) is 0 Å². The van der Waals surface area contributed by atoms with Gasteiger partial charge in [-0.2, -0.15) is 0 Å². The van der Waals surface area contributed by atoms with Crippen molar-refractivity contribution in [1.29, 1.82) is 0 Å². The van der Waals surface area contributed by atoms with E-state index in [4.69, 9.17) is 23.2 Å². The molecule has 88 valence electrons. The zero-order valence-corrected chi connectivity index (χ0v) is 11.3. The average Bonchev–Trinajstić information content (AvgIpc) is 2.21. The van der Waals surface area contributed by atoms with Crippen LogP contribution in [0.5, 0.6) is 0 Å². The summed E-state index contributed by atoms with van der Waals surface area (Å²) in [5, 5.41) is 1.17. The third-order valence-electron chi connectivity index (χ3n) is 2.66. The maximum Gasteiger partial charge on any atom is 0.140 e. The highest BCUT2D eigenvalue weighted by Gasteiger charge is 2.24. The van der Waals surface area contributed by atoms with Crippen molar-refractivity contribution in [3.05, 3.63) is 33.8 Å². The Morgan fingerprint density at radius 3 is 2.38 bits per heavy atom. The molecule has 0 radical (unpaired) electrons. The molecule has 3 heteroatoms. The van der Waals surface area contributed by atoms with Gasteiger partial charge in [0.05, 0.1) is 0 Å². The van der Waals surface area contributed by atoms with E-state index in [9.17, 15) is 4.79 Å². The van der Waals surface area contributed by atoms with Crippen LogP contribution in [-0.2, 0) is 4.79 Å². The van der Waals surface area contributed by atoms with E-state index < -0.39 is 0 Å². The van der Waals surface area contributed by atoms with Crippen LogP contribution in [0.1, 0.15) is 38.7 Å².